The molecule has 2 heterocycles. The molecule has 0 unspecified atom stereocenters. The SMILES string of the molecule is CCOCCn1c(C(=O)NC23CC4CC(CC(C4)C2)C3)cc2ncccc21. The summed E-state index contributed by atoms with van der Waals surface area (Å²) in [5.74, 6) is 2.53. The zero-order valence-electron chi connectivity index (χ0n) is 16.1. The number of nitrogens with zero attached hydrogens (tertiary/aromatic N) is 2. The maximum Gasteiger partial charge on any atom is 0.268 e. The molecule has 4 saturated carbocycles. The Morgan fingerprint density at radius 1 is 1.26 bits per heavy atom. The Morgan fingerprint density at radius 2 is 1.96 bits per heavy atom. The Hall–Kier alpha value is -1.88. The summed E-state index contributed by atoms with van der Waals surface area (Å²) in [5, 5.41) is 3.50. The molecule has 4 bridgehead atoms. The van der Waals surface area contributed by atoms with Crippen molar-refractivity contribution in [1.82, 2.24) is 14.9 Å². The molecule has 0 spiro atoms. The van der Waals surface area contributed by atoms with E-state index in [0.717, 1.165) is 34.5 Å². The summed E-state index contributed by atoms with van der Waals surface area (Å²) in [7, 11) is 0. The van der Waals surface area contributed by atoms with Crippen LogP contribution < -0.4 is 5.32 Å². The van der Waals surface area contributed by atoms with Crippen LogP contribution in [0, 0.1) is 17.8 Å². The van der Waals surface area contributed by atoms with Crippen LogP contribution in [-0.2, 0) is 11.3 Å². The van der Waals surface area contributed by atoms with Gasteiger partial charge >= 0.3 is 0 Å². The second kappa shape index (κ2) is 6.62. The third kappa shape index (κ3) is 3.06. The fourth-order valence-corrected chi connectivity index (χ4v) is 6.38. The van der Waals surface area contributed by atoms with Gasteiger partial charge in [-0.2, -0.15) is 0 Å². The molecule has 0 saturated heterocycles. The van der Waals surface area contributed by atoms with Gasteiger partial charge in [0.1, 0.15) is 5.69 Å². The highest BCUT2D eigenvalue weighted by molar-refractivity contribution is 5.98. The summed E-state index contributed by atoms with van der Waals surface area (Å²) in [6, 6.07) is 5.91. The van der Waals surface area contributed by atoms with E-state index in [1.54, 1.807) is 6.20 Å². The van der Waals surface area contributed by atoms with Gasteiger partial charge in [0, 0.05) is 24.9 Å². The lowest BCUT2D eigenvalue weighted by molar-refractivity contribution is -0.0168. The lowest BCUT2D eigenvalue weighted by Crippen LogP contribution is -2.60. The highest BCUT2D eigenvalue weighted by Gasteiger charge is 2.51. The van der Waals surface area contributed by atoms with Crippen LogP contribution in [0.3, 0.4) is 0 Å². The van der Waals surface area contributed by atoms with Crippen molar-refractivity contribution >= 4 is 16.9 Å². The normalized spacial score (nSPS) is 31.5. The highest BCUT2D eigenvalue weighted by atomic mass is 16.5. The van der Waals surface area contributed by atoms with Gasteiger partial charge in [-0.1, -0.05) is 0 Å². The summed E-state index contributed by atoms with van der Waals surface area (Å²) in [4.78, 5) is 17.8. The molecule has 6 rings (SSSR count). The van der Waals surface area contributed by atoms with E-state index in [-0.39, 0.29) is 11.4 Å². The molecule has 2 aromatic rings. The number of rotatable bonds is 6. The van der Waals surface area contributed by atoms with Gasteiger partial charge in [-0.25, -0.2) is 0 Å². The predicted molar refractivity (Wildman–Crippen MR) is 105 cm³/mol. The average Bonchev–Trinajstić information content (AvgIpc) is 2.99. The van der Waals surface area contributed by atoms with Crippen molar-refractivity contribution in [2.24, 2.45) is 17.8 Å². The number of carbonyl (C=O) groups excluding carboxylic acids is 1. The number of fused-ring (bicyclic) bond motifs is 1. The zero-order chi connectivity index (χ0) is 18.4. The van der Waals surface area contributed by atoms with Gasteiger partial charge in [0.15, 0.2) is 0 Å². The summed E-state index contributed by atoms with van der Waals surface area (Å²) < 4.78 is 7.63. The number of aromatic nitrogens is 2. The molecule has 0 radical (unpaired) electrons. The van der Waals surface area contributed by atoms with Crippen molar-refractivity contribution in [3.8, 4) is 0 Å². The number of pyridine rings is 1. The van der Waals surface area contributed by atoms with Gasteiger partial charge in [-0.05, 0) is 81.4 Å². The average molecular weight is 367 g/mol. The Balaban J connectivity index is 1.43. The third-order valence-corrected chi connectivity index (χ3v) is 6.98. The molecule has 1 N–H and O–H groups in total. The van der Waals surface area contributed by atoms with Crippen LogP contribution in [0.4, 0.5) is 0 Å². The smallest absolute Gasteiger partial charge is 0.268 e. The molecule has 2 aromatic heterocycles. The molecular formula is C22H29N3O2. The number of hydrogen-bond donors (Lipinski definition) is 1. The van der Waals surface area contributed by atoms with Crippen LogP contribution >= 0.6 is 0 Å². The zero-order valence-corrected chi connectivity index (χ0v) is 16.1. The van der Waals surface area contributed by atoms with E-state index in [1.165, 1.54) is 38.5 Å². The molecule has 5 heteroatoms. The van der Waals surface area contributed by atoms with E-state index >= 15 is 0 Å². The van der Waals surface area contributed by atoms with Gasteiger partial charge in [-0.15, -0.1) is 0 Å². The van der Waals surface area contributed by atoms with Crippen LogP contribution in [0.1, 0.15) is 55.9 Å². The Labute approximate surface area is 160 Å². The van der Waals surface area contributed by atoms with E-state index in [9.17, 15) is 4.79 Å². The van der Waals surface area contributed by atoms with Crippen LogP contribution in [0.25, 0.3) is 11.0 Å². The molecule has 0 atom stereocenters. The van der Waals surface area contributed by atoms with Gasteiger partial charge in [0.05, 0.1) is 17.6 Å². The van der Waals surface area contributed by atoms with E-state index in [4.69, 9.17) is 4.74 Å². The molecule has 27 heavy (non-hydrogen) atoms. The van der Waals surface area contributed by atoms with Gasteiger partial charge < -0.3 is 14.6 Å². The van der Waals surface area contributed by atoms with Crippen LogP contribution in [-0.4, -0.2) is 34.2 Å². The Morgan fingerprint density at radius 3 is 2.63 bits per heavy atom. The molecule has 5 nitrogen and oxygen atoms in total. The number of ether oxygens (including phenoxy) is 1. The fourth-order valence-electron chi connectivity index (χ4n) is 6.38. The topological polar surface area (TPSA) is 56.1 Å². The van der Waals surface area contributed by atoms with Crippen LogP contribution in [0.2, 0.25) is 0 Å². The predicted octanol–water partition coefficient (Wildman–Crippen LogP) is 3.77. The van der Waals surface area contributed by atoms with E-state index < -0.39 is 0 Å². The van der Waals surface area contributed by atoms with E-state index in [1.807, 2.05) is 25.1 Å². The van der Waals surface area contributed by atoms with Crippen molar-refractivity contribution < 1.29 is 9.53 Å². The van der Waals surface area contributed by atoms with Crippen LogP contribution in [0.15, 0.2) is 24.4 Å². The molecule has 4 aliphatic rings. The van der Waals surface area contributed by atoms with Crippen LogP contribution in [0.5, 0.6) is 0 Å². The lowest BCUT2D eigenvalue weighted by Gasteiger charge is -2.56. The molecule has 144 valence electrons. The lowest BCUT2D eigenvalue weighted by atomic mass is 9.53. The minimum Gasteiger partial charge on any atom is -0.380 e. The first-order valence-electron chi connectivity index (χ1n) is 10.5. The van der Waals surface area contributed by atoms with Crippen molar-refractivity contribution in [3.63, 3.8) is 0 Å². The summed E-state index contributed by atoms with van der Waals surface area (Å²) in [5.41, 5.74) is 2.64. The minimum atomic E-state index is 0.0282. The van der Waals surface area contributed by atoms with Gasteiger partial charge in [0.2, 0.25) is 0 Å². The van der Waals surface area contributed by atoms with Crippen molar-refractivity contribution in [1.29, 1.82) is 0 Å². The first kappa shape index (κ1) is 17.2. The largest absolute Gasteiger partial charge is 0.380 e. The maximum atomic E-state index is 13.4. The summed E-state index contributed by atoms with van der Waals surface area (Å²) in [6.07, 6.45) is 9.44. The first-order valence-corrected chi connectivity index (χ1v) is 10.5. The minimum absolute atomic E-state index is 0.0282. The quantitative estimate of drug-likeness (QED) is 0.791. The molecule has 0 aromatic carbocycles. The Bertz CT molecular complexity index is 821. The molecule has 4 fully saturated rings. The van der Waals surface area contributed by atoms with Crippen molar-refractivity contribution in [2.75, 3.05) is 13.2 Å². The molecular weight excluding hydrogens is 338 g/mol. The van der Waals surface area contributed by atoms with Crippen molar-refractivity contribution in [3.05, 3.63) is 30.1 Å². The standard InChI is InChI=1S/C22H29N3O2/c1-2-27-7-6-25-19-4-3-5-23-18(19)11-20(25)21(26)24-22-12-15-8-16(13-22)10-17(9-15)14-22/h3-5,11,15-17H,2,6-10,12-14H2,1H3,(H,24,26). The summed E-state index contributed by atoms with van der Waals surface area (Å²) in [6.45, 7) is 3.96. The second-order valence-corrected chi connectivity index (χ2v) is 8.94. The first-order chi connectivity index (χ1) is 13.2. The van der Waals surface area contributed by atoms with Gasteiger partial charge in [0.25, 0.3) is 5.91 Å². The van der Waals surface area contributed by atoms with Gasteiger partial charge in [-0.3, -0.25) is 9.78 Å². The molecule has 1 amide bonds. The Kier molecular flexibility index (Phi) is 4.23. The highest BCUT2D eigenvalue weighted by Crippen LogP contribution is 2.55. The number of carbonyl (C=O) groups is 1. The monoisotopic (exact) mass is 367 g/mol. The maximum absolute atomic E-state index is 13.4. The summed E-state index contributed by atoms with van der Waals surface area (Å²) >= 11 is 0. The number of hydrogen-bond acceptors (Lipinski definition) is 3. The fraction of sp³-hybridized carbons (Fsp3) is 0.636. The number of nitrogens with one attached hydrogen (secondary N) is 1. The molecule has 4 aliphatic carbocycles. The second-order valence-electron chi connectivity index (χ2n) is 8.94. The van der Waals surface area contributed by atoms with E-state index in [2.05, 4.69) is 14.9 Å². The third-order valence-electron chi connectivity index (χ3n) is 6.98. The molecule has 0 aliphatic heterocycles. The van der Waals surface area contributed by atoms with Crippen molar-refractivity contribution in [2.45, 2.75) is 57.5 Å². The van der Waals surface area contributed by atoms with E-state index in [0.29, 0.717) is 19.8 Å². The number of amides is 1.